The summed E-state index contributed by atoms with van der Waals surface area (Å²) in [5, 5.41) is 1.21. The van der Waals surface area contributed by atoms with Gasteiger partial charge in [0.05, 0.1) is 30.4 Å². The summed E-state index contributed by atoms with van der Waals surface area (Å²) in [5.41, 5.74) is 2.55. The third-order valence-corrected chi connectivity index (χ3v) is 4.13. The van der Waals surface area contributed by atoms with Crippen LogP contribution in [0.25, 0.3) is 10.9 Å². The molecule has 1 fully saturated rings. The van der Waals surface area contributed by atoms with Crippen LogP contribution in [-0.4, -0.2) is 30.8 Å². The molecule has 5 nitrogen and oxygen atoms in total. The molecule has 0 spiro atoms. The fraction of sp³-hybridized carbons (Fsp3) is 0.412. The summed E-state index contributed by atoms with van der Waals surface area (Å²) in [6.07, 6.45) is 0. The van der Waals surface area contributed by atoms with E-state index >= 15 is 0 Å². The second-order valence-corrected chi connectivity index (χ2v) is 5.97. The Morgan fingerprint density at radius 2 is 2.04 bits per heavy atom. The van der Waals surface area contributed by atoms with E-state index in [1.165, 1.54) is 6.07 Å². The van der Waals surface area contributed by atoms with E-state index in [4.69, 9.17) is 25.8 Å². The third kappa shape index (κ3) is 2.92. The number of halogens is 1. The van der Waals surface area contributed by atoms with Crippen molar-refractivity contribution in [2.45, 2.75) is 26.6 Å². The maximum Gasteiger partial charge on any atom is 0.356 e. The van der Waals surface area contributed by atoms with Gasteiger partial charge >= 0.3 is 5.97 Å². The first-order chi connectivity index (χ1) is 10.9. The first kappa shape index (κ1) is 16.2. The summed E-state index contributed by atoms with van der Waals surface area (Å²) in [5.74, 6) is -1.39. The number of aryl methyl sites for hydroxylation is 1. The zero-order valence-corrected chi connectivity index (χ0v) is 14.1. The quantitative estimate of drug-likeness (QED) is 0.802. The van der Waals surface area contributed by atoms with Gasteiger partial charge in [-0.05, 0) is 44.5 Å². The van der Waals surface area contributed by atoms with Crippen LogP contribution in [0.5, 0.6) is 0 Å². The van der Waals surface area contributed by atoms with E-state index in [0.717, 1.165) is 16.5 Å². The number of aromatic nitrogens is 1. The van der Waals surface area contributed by atoms with Crippen LogP contribution in [0.1, 0.15) is 35.5 Å². The van der Waals surface area contributed by atoms with Gasteiger partial charge < -0.3 is 14.2 Å². The smallest absolute Gasteiger partial charge is 0.356 e. The Balaban J connectivity index is 2.24. The Labute approximate surface area is 139 Å². The number of fused-ring (bicyclic) bond motifs is 1. The number of benzene rings is 1. The van der Waals surface area contributed by atoms with Gasteiger partial charge in [0.25, 0.3) is 0 Å². The number of nitrogens with zero attached hydrogens (tertiary/aromatic N) is 1. The molecular formula is C17H18ClNO4. The standard InChI is InChI=1S/C17H18ClNO4/c1-4-21-16(20)14-9-13(18)11-7-10(2)8-12(15(11)19-14)17(3)22-5-6-23-17/h7-9H,4-6H2,1-3H3. The molecule has 0 N–H and O–H groups in total. The van der Waals surface area contributed by atoms with Crippen molar-refractivity contribution in [3.05, 3.63) is 40.0 Å². The number of esters is 1. The fourth-order valence-corrected chi connectivity index (χ4v) is 3.01. The van der Waals surface area contributed by atoms with Crippen molar-refractivity contribution < 1.29 is 19.0 Å². The number of carbonyl (C=O) groups is 1. The predicted molar refractivity (Wildman–Crippen MR) is 86.7 cm³/mol. The molecule has 2 heterocycles. The minimum Gasteiger partial charge on any atom is -0.461 e. The molecule has 23 heavy (non-hydrogen) atoms. The van der Waals surface area contributed by atoms with Gasteiger partial charge in [0.1, 0.15) is 0 Å². The first-order valence-electron chi connectivity index (χ1n) is 7.51. The second kappa shape index (κ2) is 6.07. The van der Waals surface area contributed by atoms with E-state index in [0.29, 0.717) is 23.8 Å². The largest absolute Gasteiger partial charge is 0.461 e. The maximum absolute atomic E-state index is 12.0. The fourth-order valence-electron chi connectivity index (χ4n) is 2.76. The van der Waals surface area contributed by atoms with Gasteiger partial charge in [0.15, 0.2) is 11.5 Å². The Hall–Kier alpha value is -1.69. The lowest BCUT2D eigenvalue weighted by Gasteiger charge is -2.24. The van der Waals surface area contributed by atoms with E-state index in [-0.39, 0.29) is 12.3 Å². The summed E-state index contributed by atoms with van der Waals surface area (Å²) in [6, 6.07) is 5.41. The highest BCUT2D eigenvalue weighted by Gasteiger charge is 2.36. The van der Waals surface area contributed by atoms with Crippen LogP contribution in [0, 0.1) is 6.92 Å². The molecule has 1 saturated heterocycles. The van der Waals surface area contributed by atoms with Crippen molar-refractivity contribution in [3.8, 4) is 0 Å². The van der Waals surface area contributed by atoms with Crippen molar-refractivity contribution in [3.63, 3.8) is 0 Å². The van der Waals surface area contributed by atoms with Crippen LogP contribution in [0.15, 0.2) is 18.2 Å². The Bertz CT molecular complexity index is 769. The average molecular weight is 336 g/mol. The van der Waals surface area contributed by atoms with Crippen LogP contribution < -0.4 is 0 Å². The van der Waals surface area contributed by atoms with Gasteiger partial charge in [-0.3, -0.25) is 0 Å². The van der Waals surface area contributed by atoms with Gasteiger partial charge in [-0.15, -0.1) is 0 Å². The van der Waals surface area contributed by atoms with Crippen LogP contribution in [0.2, 0.25) is 5.02 Å². The maximum atomic E-state index is 12.0. The van der Waals surface area contributed by atoms with E-state index in [1.807, 2.05) is 26.0 Å². The molecule has 1 aromatic heterocycles. The zero-order chi connectivity index (χ0) is 16.6. The highest BCUT2D eigenvalue weighted by Crippen LogP contribution is 2.37. The van der Waals surface area contributed by atoms with Gasteiger partial charge in [-0.25, -0.2) is 9.78 Å². The molecule has 2 aromatic rings. The molecule has 1 aromatic carbocycles. The molecule has 6 heteroatoms. The molecule has 122 valence electrons. The minimum atomic E-state index is -0.895. The Morgan fingerprint density at radius 1 is 1.35 bits per heavy atom. The number of carbonyl (C=O) groups excluding carboxylic acids is 1. The molecule has 0 saturated carbocycles. The van der Waals surface area contributed by atoms with E-state index < -0.39 is 11.8 Å². The minimum absolute atomic E-state index is 0.177. The SMILES string of the molecule is CCOC(=O)c1cc(Cl)c2cc(C)cc(C3(C)OCCO3)c2n1. The molecule has 1 aliphatic heterocycles. The van der Waals surface area contributed by atoms with Gasteiger partial charge in [0.2, 0.25) is 0 Å². The van der Waals surface area contributed by atoms with Gasteiger partial charge in [-0.1, -0.05) is 11.6 Å². The summed E-state index contributed by atoms with van der Waals surface area (Å²) in [6.45, 7) is 6.86. The highest BCUT2D eigenvalue weighted by molar-refractivity contribution is 6.35. The lowest BCUT2D eigenvalue weighted by atomic mass is 9.99. The normalized spacial score (nSPS) is 16.7. The van der Waals surface area contributed by atoms with Crippen molar-refractivity contribution in [1.82, 2.24) is 4.98 Å². The Morgan fingerprint density at radius 3 is 2.70 bits per heavy atom. The molecular weight excluding hydrogens is 318 g/mol. The molecule has 0 radical (unpaired) electrons. The Kier molecular flexibility index (Phi) is 4.27. The lowest BCUT2D eigenvalue weighted by molar-refractivity contribution is -0.148. The molecule has 0 atom stereocenters. The molecule has 3 rings (SSSR count). The zero-order valence-electron chi connectivity index (χ0n) is 13.3. The molecule has 0 aliphatic carbocycles. The number of rotatable bonds is 3. The van der Waals surface area contributed by atoms with Crippen molar-refractivity contribution in [2.75, 3.05) is 19.8 Å². The predicted octanol–water partition coefficient (Wildman–Crippen LogP) is 3.59. The van der Waals surface area contributed by atoms with Crippen molar-refractivity contribution >= 4 is 28.5 Å². The summed E-state index contributed by atoms with van der Waals surface area (Å²) >= 11 is 6.37. The molecule has 1 aliphatic rings. The number of ether oxygens (including phenoxy) is 3. The molecule has 0 amide bonds. The van der Waals surface area contributed by atoms with Crippen LogP contribution >= 0.6 is 11.6 Å². The third-order valence-electron chi connectivity index (χ3n) is 3.82. The van der Waals surface area contributed by atoms with E-state index in [9.17, 15) is 4.79 Å². The van der Waals surface area contributed by atoms with Crippen molar-refractivity contribution in [2.24, 2.45) is 0 Å². The molecule has 0 unspecified atom stereocenters. The van der Waals surface area contributed by atoms with Gasteiger partial charge in [0, 0.05) is 10.9 Å². The second-order valence-electron chi connectivity index (χ2n) is 5.56. The first-order valence-corrected chi connectivity index (χ1v) is 7.89. The lowest BCUT2D eigenvalue weighted by Crippen LogP contribution is -2.23. The number of hydrogen-bond donors (Lipinski definition) is 0. The van der Waals surface area contributed by atoms with E-state index in [1.54, 1.807) is 6.92 Å². The monoisotopic (exact) mass is 335 g/mol. The van der Waals surface area contributed by atoms with Crippen LogP contribution in [0.3, 0.4) is 0 Å². The summed E-state index contributed by atoms with van der Waals surface area (Å²) < 4.78 is 16.5. The van der Waals surface area contributed by atoms with Crippen molar-refractivity contribution in [1.29, 1.82) is 0 Å². The van der Waals surface area contributed by atoms with Gasteiger partial charge in [-0.2, -0.15) is 0 Å². The summed E-state index contributed by atoms with van der Waals surface area (Å²) in [4.78, 5) is 16.5. The molecule has 0 bridgehead atoms. The average Bonchev–Trinajstić information content (AvgIpc) is 2.95. The summed E-state index contributed by atoms with van der Waals surface area (Å²) in [7, 11) is 0. The highest BCUT2D eigenvalue weighted by atomic mass is 35.5. The van der Waals surface area contributed by atoms with Crippen LogP contribution in [-0.2, 0) is 20.0 Å². The van der Waals surface area contributed by atoms with Crippen LogP contribution in [0.4, 0.5) is 0 Å². The number of hydrogen-bond acceptors (Lipinski definition) is 5. The topological polar surface area (TPSA) is 57.7 Å². The van der Waals surface area contributed by atoms with E-state index in [2.05, 4.69) is 4.98 Å². The number of pyridine rings is 1.